The van der Waals surface area contributed by atoms with E-state index in [0.29, 0.717) is 17.9 Å². The van der Waals surface area contributed by atoms with Gasteiger partial charge in [-0.15, -0.1) is 0 Å². The van der Waals surface area contributed by atoms with Gasteiger partial charge in [0.2, 0.25) is 0 Å². The molecule has 3 rings (SSSR count). The summed E-state index contributed by atoms with van der Waals surface area (Å²) in [5.41, 5.74) is 4.58. The molecule has 1 N–H and O–H groups in total. The minimum Gasteiger partial charge on any atom is -0.445 e. The topological polar surface area (TPSA) is 73.9 Å². The molecule has 0 aromatic heterocycles. The lowest BCUT2D eigenvalue weighted by Crippen LogP contribution is -2.38. The second-order valence-electron chi connectivity index (χ2n) is 9.47. The van der Waals surface area contributed by atoms with Gasteiger partial charge in [0.25, 0.3) is 0 Å². The van der Waals surface area contributed by atoms with E-state index >= 15 is 0 Å². The van der Waals surface area contributed by atoms with Crippen molar-refractivity contribution in [3.63, 3.8) is 0 Å². The number of ether oxygens (including phenoxy) is 1. The fourth-order valence-corrected chi connectivity index (χ4v) is 5.86. The number of carbonyl (C=O) groups excluding carboxylic acids is 1. The minimum absolute atomic E-state index is 0.0983. The van der Waals surface area contributed by atoms with E-state index in [1.165, 1.54) is 0 Å². The fourth-order valence-electron chi connectivity index (χ4n) is 3.68. The van der Waals surface area contributed by atoms with Crippen LogP contribution in [0.1, 0.15) is 48.1 Å². The van der Waals surface area contributed by atoms with Crippen LogP contribution in [0.25, 0.3) is 0 Å². The molecular formula is C29H36NO5P. The Morgan fingerprint density at radius 2 is 1.33 bits per heavy atom. The van der Waals surface area contributed by atoms with Crippen LogP contribution in [0.5, 0.6) is 11.5 Å². The average Bonchev–Trinajstić information content (AvgIpc) is 2.84. The molecule has 1 atom stereocenters. The Kier molecular flexibility index (Phi) is 9.22. The van der Waals surface area contributed by atoms with E-state index in [1.54, 1.807) is 12.1 Å². The van der Waals surface area contributed by atoms with Crippen LogP contribution >= 0.6 is 7.60 Å². The molecule has 0 radical (unpaired) electrons. The molecule has 0 spiro atoms. The summed E-state index contributed by atoms with van der Waals surface area (Å²) in [7, 11) is -3.98. The highest BCUT2D eigenvalue weighted by Gasteiger charge is 2.42. The van der Waals surface area contributed by atoms with Crippen molar-refractivity contribution in [2.24, 2.45) is 5.92 Å². The van der Waals surface area contributed by atoms with Crippen molar-refractivity contribution >= 4 is 13.7 Å². The third-order valence-electron chi connectivity index (χ3n) is 6.13. The number of rotatable bonds is 10. The van der Waals surface area contributed by atoms with Crippen molar-refractivity contribution in [2.75, 3.05) is 0 Å². The van der Waals surface area contributed by atoms with E-state index in [0.717, 1.165) is 27.8 Å². The van der Waals surface area contributed by atoms with Gasteiger partial charge in [0.15, 0.2) is 5.78 Å². The SMILES string of the molecule is Cc1cccc(OP(=O)(Oc2cccc(C)c2C)[C@@H](CC(C)C)NC(=O)OCc2ccccc2)c1C. The molecule has 36 heavy (non-hydrogen) atoms. The number of aryl methyl sites for hydroxylation is 2. The molecule has 0 saturated carbocycles. The number of alkyl carbamates (subject to hydrolysis) is 1. The number of hydrogen-bond acceptors (Lipinski definition) is 5. The van der Waals surface area contributed by atoms with Crippen LogP contribution in [-0.4, -0.2) is 11.9 Å². The lowest BCUT2D eigenvalue weighted by molar-refractivity contribution is 0.136. The first-order valence-corrected chi connectivity index (χ1v) is 13.8. The molecule has 0 heterocycles. The second kappa shape index (κ2) is 12.1. The Hall–Kier alpha value is -3.24. The van der Waals surface area contributed by atoms with Crippen LogP contribution in [0.3, 0.4) is 0 Å². The van der Waals surface area contributed by atoms with Crippen LogP contribution in [0.2, 0.25) is 0 Å². The lowest BCUT2D eigenvalue weighted by atomic mass is 10.1. The molecule has 3 aromatic carbocycles. The highest BCUT2D eigenvalue weighted by molar-refractivity contribution is 7.55. The maximum absolute atomic E-state index is 14.6. The van der Waals surface area contributed by atoms with Crippen LogP contribution in [0, 0.1) is 33.6 Å². The van der Waals surface area contributed by atoms with Crippen molar-refractivity contribution < 1.29 is 23.1 Å². The van der Waals surface area contributed by atoms with E-state index in [1.807, 2.05) is 96.1 Å². The van der Waals surface area contributed by atoms with Crippen LogP contribution in [0.4, 0.5) is 4.79 Å². The Bertz CT molecular complexity index is 1170. The number of benzene rings is 3. The maximum Gasteiger partial charge on any atom is 0.453 e. The van der Waals surface area contributed by atoms with Gasteiger partial charge in [-0.25, -0.2) is 9.36 Å². The van der Waals surface area contributed by atoms with Gasteiger partial charge in [-0.1, -0.05) is 68.4 Å². The molecule has 192 valence electrons. The standard InChI is InChI=1S/C29H36NO5P/c1-20(2)18-28(30-29(31)33-19-25-14-8-7-9-15-25)36(32,34-26-16-10-12-21(3)23(26)5)35-27-17-11-13-22(4)24(27)6/h7-17,20,28H,18-19H2,1-6H3,(H,30,31)/t28-/m0/s1. The van der Waals surface area contributed by atoms with E-state index in [9.17, 15) is 9.36 Å². The van der Waals surface area contributed by atoms with E-state index in [2.05, 4.69) is 5.32 Å². The third-order valence-corrected chi connectivity index (χ3v) is 8.14. The summed E-state index contributed by atoms with van der Waals surface area (Å²) in [6.45, 7) is 11.8. The summed E-state index contributed by atoms with van der Waals surface area (Å²) in [5.74, 6) is 0.0801. The smallest absolute Gasteiger partial charge is 0.445 e. The summed E-state index contributed by atoms with van der Waals surface area (Å²) in [6, 6.07) is 20.5. The number of nitrogens with one attached hydrogen (secondary N) is 1. The van der Waals surface area contributed by atoms with E-state index < -0.39 is 19.5 Å². The first-order chi connectivity index (χ1) is 17.1. The second-order valence-corrected chi connectivity index (χ2v) is 11.5. The third kappa shape index (κ3) is 7.14. The number of hydrogen-bond donors (Lipinski definition) is 1. The highest BCUT2D eigenvalue weighted by Crippen LogP contribution is 2.55. The molecule has 0 aliphatic heterocycles. The molecule has 1 amide bonds. The monoisotopic (exact) mass is 509 g/mol. The Balaban J connectivity index is 1.95. The van der Waals surface area contributed by atoms with Gasteiger partial charge in [-0.2, -0.15) is 0 Å². The van der Waals surface area contributed by atoms with Crippen LogP contribution in [0.15, 0.2) is 66.7 Å². The molecular weight excluding hydrogens is 473 g/mol. The van der Waals surface area contributed by atoms with Gasteiger partial charge in [0.05, 0.1) is 0 Å². The van der Waals surface area contributed by atoms with Gasteiger partial charge in [0, 0.05) is 0 Å². The van der Waals surface area contributed by atoms with Crippen molar-refractivity contribution in [1.82, 2.24) is 5.32 Å². The molecule has 7 heteroatoms. The quantitative estimate of drug-likeness (QED) is 0.282. The molecule has 0 fully saturated rings. The van der Waals surface area contributed by atoms with E-state index in [4.69, 9.17) is 13.8 Å². The van der Waals surface area contributed by atoms with E-state index in [-0.39, 0.29) is 12.5 Å². The van der Waals surface area contributed by atoms with Crippen molar-refractivity contribution in [3.8, 4) is 11.5 Å². The van der Waals surface area contributed by atoms with Gasteiger partial charge in [-0.3, -0.25) is 0 Å². The maximum atomic E-state index is 14.6. The molecule has 6 nitrogen and oxygen atoms in total. The lowest BCUT2D eigenvalue weighted by Gasteiger charge is -2.30. The Labute approximate surface area is 214 Å². The summed E-state index contributed by atoms with van der Waals surface area (Å²) >= 11 is 0. The summed E-state index contributed by atoms with van der Waals surface area (Å²) in [5, 5.41) is 2.79. The normalized spacial score (nSPS) is 12.2. The predicted octanol–water partition coefficient (Wildman–Crippen LogP) is 7.87. The minimum atomic E-state index is -3.98. The Morgan fingerprint density at radius 3 is 1.83 bits per heavy atom. The largest absolute Gasteiger partial charge is 0.453 e. The van der Waals surface area contributed by atoms with Crippen molar-refractivity contribution in [3.05, 3.63) is 94.5 Å². The van der Waals surface area contributed by atoms with Gasteiger partial charge >= 0.3 is 13.7 Å². The number of carbonyl (C=O) groups is 1. The Morgan fingerprint density at radius 1 is 0.806 bits per heavy atom. The van der Waals surface area contributed by atoms with Crippen molar-refractivity contribution in [1.29, 1.82) is 0 Å². The highest BCUT2D eigenvalue weighted by atomic mass is 31.2. The molecule has 3 aromatic rings. The van der Waals surface area contributed by atoms with Gasteiger partial charge in [0.1, 0.15) is 18.1 Å². The van der Waals surface area contributed by atoms with Crippen LogP contribution in [-0.2, 0) is 15.9 Å². The summed E-state index contributed by atoms with van der Waals surface area (Å²) in [6.07, 6.45) is -0.313. The average molecular weight is 510 g/mol. The zero-order chi connectivity index (χ0) is 26.3. The zero-order valence-electron chi connectivity index (χ0n) is 21.9. The summed E-state index contributed by atoms with van der Waals surface area (Å²) < 4.78 is 32.5. The first-order valence-electron chi connectivity index (χ1n) is 12.2. The molecule has 0 bridgehead atoms. The fraction of sp³-hybridized carbons (Fsp3) is 0.345. The first kappa shape index (κ1) is 27.3. The number of amides is 1. The molecule has 0 saturated heterocycles. The van der Waals surface area contributed by atoms with Gasteiger partial charge in [-0.05, 0) is 80.0 Å². The molecule has 0 unspecified atom stereocenters. The van der Waals surface area contributed by atoms with Gasteiger partial charge < -0.3 is 19.1 Å². The molecule has 0 aliphatic rings. The summed E-state index contributed by atoms with van der Waals surface area (Å²) in [4.78, 5) is 12.8. The van der Waals surface area contributed by atoms with Crippen molar-refractivity contribution in [2.45, 2.75) is 60.4 Å². The zero-order valence-corrected chi connectivity index (χ0v) is 22.8. The predicted molar refractivity (Wildman–Crippen MR) is 144 cm³/mol. The molecule has 0 aliphatic carbocycles. The van der Waals surface area contributed by atoms with Crippen LogP contribution < -0.4 is 14.4 Å².